The number of rotatable bonds is 5. The second-order valence-electron chi connectivity index (χ2n) is 6.20. The highest BCUT2D eigenvalue weighted by Crippen LogP contribution is 2.28. The van der Waals surface area contributed by atoms with Gasteiger partial charge in [-0.05, 0) is 42.8 Å². The summed E-state index contributed by atoms with van der Waals surface area (Å²) in [5, 5.41) is 12.6. The first-order valence-electron chi connectivity index (χ1n) is 8.56. The van der Waals surface area contributed by atoms with Crippen molar-refractivity contribution in [1.82, 2.24) is 14.6 Å². The van der Waals surface area contributed by atoms with E-state index in [1.54, 1.807) is 19.2 Å². The number of pyridine rings is 1. The van der Waals surface area contributed by atoms with Crippen molar-refractivity contribution in [3.8, 4) is 5.75 Å². The van der Waals surface area contributed by atoms with Crippen LogP contribution in [-0.2, 0) is 4.79 Å². The van der Waals surface area contributed by atoms with Crippen LogP contribution in [0.15, 0.2) is 53.7 Å². The molecule has 1 amide bonds. The standard InChI is InChI=1S/C20H17FN4O2S/c1-12-9-18-23-24-20(25(18)17-10-13(27-2)7-8-14(12)17)28-11-19(26)22-16-6-4-3-5-15(16)21/h3-10H,11H2,1-2H3,(H,22,26). The predicted molar refractivity (Wildman–Crippen MR) is 108 cm³/mol. The van der Waals surface area contributed by atoms with E-state index in [1.807, 2.05) is 35.6 Å². The summed E-state index contributed by atoms with van der Waals surface area (Å²) in [5.41, 5.74) is 2.82. The number of aromatic nitrogens is 3. The molecule has 28 heavy (non-hydrogen) atoms. The highest BCUT2D eigenvalue weighted by molar-refractivity contribution is 7.99. The number of carbonyl (C=O) groups is 1. The van der Waals surface area contributed by atoms with Gasteiger partial charge in [-0.15, -0.1) is 10.2 Å². The first-order valence-corrected chi connectivity index (χ1v) is 9.55. The molecule has 0 atom stereocenters. The number of para-hydroxylation sites is 1. The van der Waals surface area contributed by atoms with Crippen molar-refractivity contribution in [2.24, 2.45) is 0 Å². The molecule has 0 radical (unpaired) electrons. The molecule has 2 aromatic carbocycles. The highest BCUT2D eigenvalue weighted by atomic mass is 32.2. The Labute approximate surface area is 164 Å². The number of halogens is 1. The number of amides is 1. The third-order valence-electron chi connectivity index (χ3n) is 4.35. The number of nitrogens with zero attached hydrogens (tertiary/aromatic N) is 3. The number of ether oxygens (including phenoxy) is 1. The number of hydrogen-bond acceptors (Lipinski definition) is 5. The fraction of sp³-hybridized carbons (Fsp3) is 0.150. The first-order chi connectivity index (χ1) is 13.6. The Morgan fingerprint density at radius 2 is 2.04 bits per heavy atom. The average Bonchev–Trinajstić information content (AvgIpc) is 3.10. The lowest BCUT2D eigenvalue weighted by Gasteiger charge is -2.09. The van der Waals surface area contributed by atoms with E-state index in [0.717, 1.165) is 22.2 Å². The number of anilines is 1. The molecule has 142 valence electrons. The minimum absolute atomic E-state index is 0.0778. The average molecular weight is 396 g/mol. The van der Waals surface area contributed by atoms with Crippen LogP contribution < -0.4 is 10.1 Å². The zero-order chi connectivity index (χ0) is 19.7. The van der Waals surface area contributed by atoms with Crippen molar-refractivity contribution in [3.63, 3.8) is 0 Å². The summed E-state index contributed by atoms with van der Waals surface area (Å²) in [6.07, 6.45) is 0. The number of aryl methyl sites for hydroxylation is 1. The molecule has 0 saturated heterocycles. The highest BCUT2D eigenvalue weighted by Gasteiger charge is 2.14. The molecular formula is C20H17FN4O2S. The van der Waals surface area contributed by atoms with Crippen LogP contribution in [0.25, 0.3) is 16.6 Å². The minimum atomic E-state index is -0.470. The Bertz CT molecular complexity index is 1190. The van der Waals surface area contributed by atoms with Crippen LogP contribution >= 0.6 is 11.8 Å². The number of benzene rings is 2. The van der Waals surface area contributed by atoms with Gasteiger partial charge in [0.25, 0.3) is 0 Å². The van der Waals surface area contributed by atoms with Crippen molar-refractivity contribution in [3.05, 3.63) is 59.9 Å². The third-order valence-corrected chi connectivity index (χ3v) is 5.28. The van der Waals surface area contributed by atoms with Crippen LogP contribution in [0, 0.1) is 12.7 Å². The maximum atomic E-state index is 13.7. The van der Waals surface area contributed by atoms with Gasteiger partial charge in [-0.1, -0.05) is 23.9 Å². The van der Waals surface area contributed by atoms with Crippen LogP contribution in [0.4, 0.5) is 10.1 Å². The Morgan fingerprint density at radius 1 is 1.21 bits per heavy atom. The van der Waals surface area contributed by atoms with Gasteiger partial charge in [0.05, 0.1) is 24.1 Å². The van der Waals surface area contributed by atoms with E-state index >= 15 is 0 Å². The lowest BCUT2D eigenvalue weighted by Crippen LogP contribution is -2.15. The summed E-state index contributed by atoms with van der Waals surface area (Å²) >= 11 is 1.24. The summed E-state index contributed by atoms with van der Waals surface area (Å²) in [5.74, 6) is 0.0126. The van der Waals surface area contributed by atoms with Gasteiger partial charge in [-0.25, -0.2) is 4.39 Å². The van der Waals surface area contributed by atoms with Gasteiger partial charge in [0.2, 0.25) is 5.91 Å². The zero-order valence-corrected chi connectivity index (χ0v) is 16.1. The molecule has 2 heterocycles. The van der Waals surface area contributed by atoms with Crippen LogP contribution in [0.2, 0.25) is 0 Å². The van der Waals surface area contributed by atoms with Crippen molar-refractivity contribution in [1.29, 1.82) is 0 Å². The molecule has 0 aliphatic rings. The minimum Gasteiger partial charge on any atom is -0.497 e. The summed E-state index contributed by atoms with van der Waals surface area (Å²) in [6, 6.07) is 13.8. The Kier molecular flexibility index (Phi) is 4.87. The van der Waals surface area contributed by atoms with E-state index in [9.17, 15) is 9.18 Å². The van der Waals surface area contributed by atoms with Gasteiger partial charge in [0.15, 0.2) is 10.8 Å². The van der Waals surface area contributed by atoms with Crippen LogP contribution in [-0.4, -0.2) is 33.4 Å². The maximum Gasteiger partial charge on any atom is 0.234 e. The van der Waals surface area contributed by atoms with Crippen LogP contribution in [0.1, 0.15) is 5.56 Å². The lowest BCUT2D eigenvalue weighted by atomic mass is 10.1. The molecule has 1 N–H and O–H groups in total. The largest absolute Gasteiger partial charge is 0.497 e. The van der Waals surface area contributed by atoms with Gasteiger partial charge >= 0.3 is 0 Å². The van der Waals surface area contributed by atoms with Crippen LogP contribution in [0.3, 0.4) is 0 Å². The molecular weight excluding hydrogens is 379 g/mol. The molecule has 2 aromatic heterocycles. The quantitative estimate of drug-likeness (QED) is 0.515. The molecule has 0 saturated carbocycles. The topological polar surface area (TPSA) is 68.5 Å². The molecule has 6 nitrogen and oxygen atoms in total. The SMILES string of the molecule is COc1ccc2c(C)cc3nnc(SCC(=O)Nc4ccccc4F)n3c2c1. The summed E-state index contributed by atoms with van der Waals surface area (Å²) < 4.78 is 20.9. The second kappa shape index (κ2) is 7.47. The fourth-order valence-corrected chi connectivity index (χ4v) is 3.75. The molecule has 0 bridgehead atoms. The molecule has 4 aromatic rings. The number of nitrogens with one attached hydrogen (secondary N) is 1. The molecule has 0 unspecified atom stereocenters. The van der Waals surface area contributed by atoms with E-state index in [-0.39, 0.29) is 17.3 Å². The second-order valence-corrected chi connectivity index (χ2v) is 7.15. The lowest BCUT2D eigenvalue weighted by molar-refractivity contribution is -0.113. The monoisotopic (exact) mass is 396 g/mol. The van der Waals surface area contributed by atoms with E-state index < -0.39 is 5.82 Å². The number of methoxy groups -OCH3 is 1. The number of carbonyl (C=O) groups excluding carboxylic acids is 1. The number of hydrogen-bond donors (Lipinski definition) is 1. The molecule has 0 spiro atoms. The predicted octanol–water partition coefficient (Wildman–Crippen LogP) is 4.07. The van der Waals surface area contributed by atoms with Crippen molar-refractivity contribution in [2.75, 3.05) is 18.2 Å². The molecule has 8 heteroatoms. The van der Waals surface area contributed by atoms with E-state index in [2.05, 4.69) is 15.5 Å². The van der Waals surface area contributed by atoms with Gasteiger partial charge in [0.1, 0.15) is 11.6 Å². The molecule has 0 aliphatic heterocycles. The summed E-state index contributed by atoms with van der Waals surface area (Å²) in [4.78, 5) is 12.2. The van der Waals surface area contributed by atoms with Crippen molar-refractivity contribution in [2.45, 2.75) is 12.1 Å². The number of thioether (sulfide) groups is 1. The maximum absolute atomic E-state index is 13.7. The Balaban J connectivity index is 1.63. The van der Waals surface area contributed by atoms with E-state index in [1.165, 1.54) is 23.9 Å². The molecule has 0 fully saturated rings. The number of fused-ring (bicyclic) bond motifs is 3. The molecule has 4 rings (SSSR count). The van der Waals surface area contributed by atoms with Crippen LogP contribution in [0.5, 0.6) is 5.75 Å². The van der Waals surface area contributed by atoms with Gasteiger partial charge < -0.3 is 10.1 Å². The normalized spacial score (nSPS) is 11.1. The van der Waals surface area contributed by atoms with Crippen molar-refractivity contribution >= 4 is 39.9 Å². The van der Waals surface area contributed by atoms with E-state index in [4.69, 9.17) is 4.74 Å². The van der Waals surface area contributed by atoms with E-state index in [0.29, 0.717) is 10.8 Å². The third kappa shape index (κ3) is 3.38. The van der Waals surface area contributed by atoms with Gasteiger partial charge in [-0.2, -0.15) is 0 Å². The fourth-order valence-electron chi connectivity index (χ4n) is 3.00. The Morgan fingerprint density at radius 3 is 2.82 bits per heavy atom. The smallest absolute Gasteiger partial charge is 0.234 e. The van der Waals surface area contributed by atoms with Gasteiger partial charge in [0, 0.05) is 11.5 Å². The van der Waals surface area contributed by atoms with Gasteiger partial charge in [-0.3, -0.25) is 9.20 Å². The zero-order valence-electron chi connectivity index (χ0n) is 15.3. The Hall–Kier alpha value is -3.13. The van der Waals surface area contributed by atoms with Crippen molar-refractivity contribution < 1.29 is 13.9 Å². The summed E-state index contributed by atoms with van der Waals surface area (Å²) in [6.45, 7) is 2.01. The first kappa shape index (κ1) is 18.2. The molecule has 0 aliphatic carbocycles. The summed E-state index contributed by atoms with van der Waals surface area (Å²) in [7, 11) is 1.61.